The molecule has 0 aliphatic rings. The van der Waals surface area contributed by atoms with Crippen LogP contribution >= 0.6 is 11.6 Å². The zero-order valence-electron chi connectivity index (χ0n) is 9.32. The third-order valence-corrected chi connectivity index (χ3v) is 2.39. The fourth-order valence-electron chi connectivity index (χ4n) is 1.31. The van der Waals surface area contributed by atoms with E-state index in [1.54, 1.807) is 6.92 Å². The van der Waals surface area contributed by atoms with Crippen LogP contribution in [0.4, 0.5) is 0 Å². The van der Waals surface area contributed by atoms with Gasteiger partial charge in [-0.05, 0) is 24.6 Å². The van der Waals surface area contributed by atoms with Crippen LogP contribution in [0.5, 0.6) is 0 Å². The molecule has 0 saturated carbocycles. The minimum absolute atomic E-state index is 0.0658. The van der Waals surface area contributed by atoms with Gasteiger partial charge in [-0.1, -0.05) is 0 Å². The summed E-state index contributed by atoms with van der Waals surface area (Å²) >= 11 is 5.68. The van der Waals surface area contributed by atoms with Crippen LogP contribution in [-0.2, 0) is 9.47 Å². The SMILES string of the molecule is COC(OC)C(C)NC(=O)c1ccoc1Cl. The summed E-state index contributed by atoms with van der Waals surface area (Å²) < 4.78 is 14.9. The van der Waals surface area contributed by atoms with Crippen LogP contribution in [0, 0.1) is 0 Å². The average molecular weight is 248 g/mol. The lowest BCUT2D eigenvalue weighted by molar-refractivity contribution is -0.117. The van der Waals surface area contributed by atoms with Gasteiger partial charge in [-0.15, -0.1) is 0 Å². The van der Waals surface area contributed by atoms with Gasteiger partial charge in [0.05, 0.1) is 17.9 Å². The molecule has 16 heavy (non-hydrogen) atoms. The molecule has 1 atom stereocenters. The van der Waals surface area contributed by atoms with Crippen molar-refractivity contribution in [2.75, 3.05) is 14.2 Å². The van der Waals surface area contributed by atoms with E-state index in [1.807, 2.05) is 0 Å². The Labute approximate surface area is 98.7 Å². The number of rotatable bonds is 5. The first-order valence-electron chi connectivity index (χ1n) is 4.69. The van der Waals surface area contributed by atoms with E-state index in [2.05, 4.69) is 5.32 Å². The van der Waals surface area contributed by atoms with Crippen LogP contribution < -0.4 is 5.32 Å². The maximum absolute atomic E-state index is 11.7. The zero-order chi connectivity index (χ0) is 12.1. The number of hydrogen-bond donors (Lipinski definition) is 1. The fourth-order valence-corrected chi connectivity index (χ4v) is 1.51. The standard InChI is InChI=1S/C10H14ClNO4/c1-6(10(14-2)15-3)12-9(13)7-4-5-16-8(7)11/h4-6,10H,1-3H3,(H,12,13). The van der Waals surface area contributed by atoms with Crippen molar-refractivity contribution in [2.45, 2.75) is 19.3 Å². The molecule has 1 N–H and O–H groups in total. The fraction of sp³-hybridized carbons (Fsp3) is 0.500. The number of halogens is 1. The van der Waals surface area contributed by atoms with Gasteiger partial charge in [0.25, 0.3) is 5.91 Å². The predicted molar refractivity (Wildman–Crippen MR) is 58.5 cm³/mol. The summed E-state index contributed by atoms with van der Waals surface area (Å²) in [6.07, 6.45) is 0.848. The van der Waals surface area contributed by atoms with Crippen molar-refractivity contribution in [3.05, 3.63) is 23.1 Å². The summed E-state index contributed by atoms with van der Waals surface area (Å²) in [6.45, 7) is 1.77. The lowest BCUT2D eigenvalue weighted by atomic mass is 10.2. The Bertz CT molecular complexity index is 348. The van der Waals surface area contributed by atoms with Crippen LogP contribution in [0.1, 0.15) is 17.3 Å². The van der Waals surface area contributed by atoms with Gasteiger partial charge in [-0.25, -0.2) is 0 Å². The monoisotopic (exact) mass is 247 g/mol. The Morgan fingerprint density at radius 2 is 2.12 bits per heavy atom. The summed E-state index contributed by atoms with van der Waals surface area (Å²) in [7, 11) is 3.00. The minimum Gasteiger partial charge on any atom is -0.452 e. The highest BCUT2D eigenvalue weighted by atomic mass is 35.5. The second-order valence-corrected chi connectivity index (χ2v) is 3.55. The molecule has 1 heterocycles. The number of carbonyl (C=O) groups excluding carboxylic acids is 1. The highest BCUT2D eigenvalue weighted by molar-refractivity contribution is 6.32. The van der Waals surface area contributed by atoms with Crippen LogP contribution in [0.25, 0.3) is 0 Å². The molecule has 0 radical (unpaired) electrons. The molecule has 6 heteroatoms. The molecule has 1 aromatic rings. The first kappa shape index (κ1) is 13.0. The third kappa shape index (κ3) is 2.98. The van der Waals surface area contributed by atoms with Gasteiger partial charge in [0.2, 0.25) is 5.22 Å². The molecule has 0 aromatic carbocycles. The molecule has 0 aliphatic carbocycles. The van der Waals surface area contributed by atoms with Gasteiger partial charge < -0.3 is 19.2 Å². The molecule has 0 fully saturated rings. The first-order valence-corrected chi connectivity index (χ1v) is 5.07. The highest BCUT2D eigenvalue weighted by Crippen LogP contribution is 2.16. The van der Waals surface area contributed by atoms with Gasteiger partial charge in [-0.3, -0.25) is 4.79 Å². The van der Waals surface area contributed by atoms with Crippen molar-refractivity contribution in [2.24, 2.45) is 0 Å². The largest absolute Gasteiger partial charge is 0.452 e. The highest BCUT2D eigenvalue weighted by Gasteiger charge is 2.20. The number of amides is 1. The molecular weight excluding hydrogens is 234 g/mol. The second kappa shape index (κ2) is 5.89. The van der Waals surface area contributed by atoms with Gasteiger partial charge in [0.15, 0.2) is 6.29 Å². The van der Waals surface area contributed by atoms with Crippen LogP contribution in [0.15, 0.2) is 16.7 Å². The van der Waals surface area contributed by atoms with Crippen molar-refractivity contribution in [1.29, 1.82) is 0 Å². The van der Waals surface area contributed by atoms with Gasteiger partial charge in [0, 0.05) is 14.2 Å². The number of hydrogen-bond acceptors (Lipinski definition) is 4. The number of carbonyl (C=O) groups is 1. The summed E-state index contributed by atoms with van der Waals surface area (Å²) in [6, 6.07) is 1.20. The quantitative estimate of drug-likeness (QED) is 0.804. The Hall–Kier alpha value is -1.04. The van der Waals surface area contributed by atoms with Crippen molar-refractivity contribution in [1.82, 2.24) is 5.32 Å². The summed E-state index contributed by atoms with van der Waals surface area (Å²) in [4.78, 5) is 11.7. The number of ether oxygens (including phenoxy) is 2. The van der Waals surface area contributed by atoms with E-state index in [0.717, 1.165) is 0 Å². The van der Waals surface area contributed by atoms with Gasteiger partial charge >= 0.3 is 0 Å². The molecule has 90 valence electrons. The maximum atomic E-state index is 11.7. The average Bonchev–Trinajstić information content (AvgIpc) is 2.66. The number of nitrogens with one attached hydrogen (secondary N) is 1. The van der Waals surface area contributed by atoms with Crippen LogP contribution in [0.2, 0.25) is 5.22 Å². The summed E-state index contributed by atoms with van der Waals surface area (Å²) in [5.41, 5.74) is 0.291. The first-order chi connectivity index (χ1) is 7.60. The van der Waals surface area contributed by atoms with E-state index in [1.165, 1.54) is 26.5 Å². The van der Waals surface area contributed by atoms with Gasteiger partial charge in [0.1, 0.15) is 0 Å². The topological polar surface area (TPSA) is 60.7 Å². The van der Waals surface area contributed by atoms with Crippen molar-refractivity contribution in [3.63, 3.8) is 0 Å². The summed E-state index contributed by atoms with van der Waals surface area (Å²) in [5.74, 6) is -0.328. The maximum Gasteiger partial charge on any atom is 0.256 e. The smallest absolute Gasteiger partial charge is 0.256 e. The van der Waals surface area contributed by atoms with E-state index < -0.39 is 6.29 Å². The lowest BCUT2D eigenvalue weighted by Gasteiger charge is -2.21. The molecular formula is C10H14ClNO4. The summed E-state index contributed by atoms with van der Waals surface area (Å²) in [5, 5.41) is 2.76. The molecule has 1 amide bonds. The molecule has 0 aliphatic heterocycles. The molecule has 0 bridgehead atoms. The number of methoxy groups -OCH3 is 2. The van der Waals surface area contributed by atoms with Gasteiger partial charge in [-0.2, -0.15) is 0 Å². The van der Waals surface area contributed by atoms with E-state index in [4.69, 9.17) is 25.5 Å². The molecule has 1 rings (SSSR count). The molecule has 1 unspecified atom stereocenters. The number of furan rings is 1. The minimum atomic E-state index is -0.505. The van der Waals surface area contributed by atoms with E-state index in [0.29, 0.717) is 5.56 Å². The molecule has 0 spiro atoms. The second-order valence-electron chi connectivity index (χ2n) is 3.21. The van der Waals surface area contributed by atoms with Crippen molar-refractivity contribution < 1.29 is 18.7 Å². The zero-order valence-corrected chi connectivity index (χ0v) is 10.1. The Kier molecular flexibility index (Phi) is 4.79. The van der Waals surface area contributed by atoms with E-state index in [9.17, 15) is 4.79 Å². The molecule has 5 nitrogen and oxygen atoms in total. The third-order valence-electron chi connectivity index (χ3n) is 2.09. The molecule has 0 saturated heterocycles. The predicted octanol–water partition coefficient (Wildman–Crippen LogP) is 1.67. The Morgan fingerprint density at radius 3 is 2.56 bits per heavy atom. The van der Waals surface area contributed by atoms with Crippen LogP contribution in [-0.4, -0.2) is 32.5 Å². The normalized spacial score (nSPS) is 12.8. The van der Waals surface area contributed by atoms with Crippen LogP contribution in [0.3, 0.4) is 0 Å². The Morgan fingerprint density at radius 1 is 1.50 bits per heavy atom. The van der Waals surface area contributed by atoms with Crippen molar-refractivity contribution >= 4 is 17.5 Å². The Balaban J connectivity index is 2.61. The van der Waals surface area contributed by atoms with E-state index >= 15 is 0 Å². The van der Waals surface area contributed by atoms with Crippen molar-refractivity contribution in [3.8, 4) is 0 Å². The van der Waals surface area contributed by atoms with E-state index in [-0.39, 0.29) is 17.2 Å². The molecule has 1 aromatic heterocycles. The lowest BCUT2D eigenvalue weighted by Crippen LogP contribution is -2.42.